The van der Waals surface area contributed by atoms with E-state index in [0.29, 0.717) is 17.2 Å². The Morgan fingerprint density at radius 1 is 0.385 bits per heavy atom. The molecule has 0 atom stereocenters. The summed E-state index contributed by atoms with van der Waals surface area (Å²) in [5, 5.41) is 32.9. The highest BCUT2D eigenvalue weighted by Crippen LogP contribution is 2.45. The van der Waals surface area contributed by atoms with E-state index in [-0.39, 0.29) is 0 Å². The molecule has 0 N–H and O–H groups in total. The third-order valence-corrected chi connectivity index (χ3v) is 6.80. The number of hydrogen-bond acceptors (Lipinski definition) is 6. The number of hydrogen-bond donors (Lipinski definition) is 0. The van der Waals surface area contributed by atoms with Crippen molar-refractivity contribution in [2.24, 2.45) is 0 Å². The minimum absolute atomic E-state index is 0.413. The summed E-state index contributed by atoms with van der Waals surface area (Å²) >= 11 is 0. The van der Waals surface area contributed by atoms with Gasteiger partial charge in [0.25, 0.3) is 18.8 Å². The molecule has 0 unspecified atom stereocenters. The van der Waals surface area contributed by atoms with Crippen molar-refractivity contribution in [3.8, 4) is 58.3 Å². The molecule has 6 aromatic rings. The lowest BCUT2D eigenvalue weighted by molar-refractivity contribution is 0.512. The van der Waals surface area contributed by atoms with E-state index in [9.17, 15) is 10.5 Å². The van der Waals surface area contributed by atoms with Crippen LogP contribution in [0.5, 0.6) is 17.2 Å². The van der Waals surface area contributed by atoms with Crippen molar-refractivity contribution in [1.29, 1.82) is 15.8 Å². The van der Waals surface area contributed by atoms with Crippen LogP contribution in [0.1, 0.15) is 0 Å². The molecule has 182 valence electrons. The minimum Gasteiger partial charge on any atom is -0.387 e. The quantitative estimate of drug-likeness (QED) is 0.221. The van der Waals surface area contributed by atoms with Crippen LogP contribution in [0, 0.1) is 34.6 Å². The van der Waals surface area contributed by atoms with E-state index >= 15 is 0 Å². The highest BCUT2D eigenvalue weighted by Gasteiger charge is 2.19. The maximum Gasteiger partial charge on any atom is 0.292 e. The number of fused-ring (bicyclic) bond motifs is 3. The minimum atomic E-state index is 0.413. The zero-order valence-corrected chi connectivity index (χ0v) is 20.4. The van der Waals surface area contributed by atoms with Gasteiger partial charge in [0.2, 0.25) is 0 Å². The number of nitrogens with zero attached hydrogens (tertiary/aromatic N) is 3. The van der Waals surface area contributed by atoms with Crippen LogP contribution < -0.4 is 14.2 Å². The average molecular weight is 504 g/mol. The van der Waals surface area contributed by atoms with Gasteiger partial charge in [0.1, 0.15) is 5.75 Å². The largest absolute Gasteiger partial charge is 0.387 e. The molecule has 6 heteroatoms. The van der Waals surface area contributed by atoms with E-state index in [4.69, 9.17) is 19.5 Å². The summed E-state index contributed by atoms with van der Waals surface area (Å²) in [5.74, 6) is 1.34. The molecule has 0 radical (unpaired) electrons. The van der Waals surface area contributed by atoms with Gasteiger partial charge in [0.05, 0.1) is 0 Å². The molecule has 0 spiro atoms. The molecule has 0 fully saturated rings. The predicted octanol–water partition coefficient (Wildman–Crippen LogP) is 8.06. The first-order valence-electron chi connectivity index (χ1n) is 12.0. The van der Waals surface area contributed by atoms with Crippen LogP contribution in [0.2, 0.25) is 0 Å². The van der Waals surface area contributed by atoms with Gasteiger partial charge >= 0.3 is 0 Å². The van der Waals surface area contributed by atoms with Gasteiger partial charge in [-0.3, -0.25) is 0 Å². The molecule has 0 bridgehead atoms. The van der Waals surface area contributed by atoms with E-state index in [1.165, 1.54) is 0 Å². The van der Waals surface area contributed by atoms with Crippen LogP contribution in [0.15, 0.2) is 103 Å². The van der Waals surface area contributed by atoms with Crippen LogP contribution in [-0.4, -0.2) is 0 Å². The molecule has 0 saturated carbocycles. The van der Waals surface area contributed by atoms with E-state index < -0.39 is 0 Å². The fourth-order valence-corrected chi connectivity index (χ4v) is 5.28. The van der Waals surface area contributed by atoms with Crippen LogP contribution in [0.3, 0.4) is 0 Å². The van der Waals surface area contributed by atoms with Gasteiger partial charge in [0.15, 0.2) is 11.5 Å². The smallest absolute Gasteiger partial charge is 0.292 e. The van der Waals surface area contributed by atoms with Crippen molar-refractivity contribution in [3.63, 3.8) is 0 Å². The molecule has 0 saturated heterocycles. The van der Waals surface area contributed by atoms with Gasteiger partial charge in [-0.1, -0.05) is 78.9 Å². The molecular formula is C33H17N3O3. The molecule has 6 rings (SSSR count). The van der Waals surface area contributed by atoms with Crippen molar-refractivity contribution in [1.82, 2.24) is 0 Å². The summed E-state index contributed by atoms with van der Waals surface area (Å²) < 4.78 is 16.0. The second kappa shape index (κ2) is 9.79. The van der Waals surface area contributed by atoms with Gasteiger partial charge in [0, 0.05) is 16.2 Å². The maximum atomic E-state index is 9.47. The highest BCUT2D eigenvalue weighted by atomic mass is 16.5. The lowest BCUT2D eigenvalue weighted by Crippen LogP contribution is -1.93. The second-order valence-electron chi connectivity index (χ2n) is 8.74. The summed E-state index contributed by atoms with van der Waals surface area (Å²) in [5.41, 5.74) is 3.53. The Hall–Kier alpha value is -6.03. The fraction of sp³-hybridized carbons (Fsp3) is 0. The Labute approximate surface area is 223 Å². The first-order chi connectivity index (χ1) is 19.2. The van der Waals surface area contributed by atoms with Gasteiger partial charge in [-0.15, -0.1) is 15.8 Å². The number of ether oxygens (including phenoxy) is 3. The summed E-state index contributed by atoms with van der Waals surface area (Å²) in [6.07, 6.45) is 5.37. The Morgan fingerprint density at radius 3 is 1.64 bits per heavy atom. The third-order valence-electron chi connectivity index (χ3n) is 6.80. The van der Waals surface area contributed by atoms with Crippen LogP contribution >= 0.6 is 0 Å². The van der Waals surface area contributed by atoms with Crippen LogP contribution in [-0.2, 0) is 0 Å². The fourth-order valence-electron chi connectivity index (χ4n) is 5.28. The lowest BCUT2D eigenvalue weighted by Gasteiger charge is -2.17. The molecule has 39 heavy (non-hydrogen) atoms. The first kappa shape index (κ1) is 23.4. The zero-order chi connectivity index (χ0) is 26.8. The molecule has 6 nitrogen and oxygen atoms in total. The maximum absolute atomic E-state index is 9.47. The number of benzene rings is 6. The Balaban J connectivity index is 1.70. The van der Waals surface area contributed by atoms with E-state index in [1.54, 1.807) is 30.7 Å². The molecule has 0 aliphatic carbocycles. The Kier molecular flexibility index (Phi) is 5.87. The monoisotopic (exact) mass is 503 g/mol. The average Bonchev–Trinajstić information content (AvgIpc) is 2.97. The molecule has 0 aliphatic rings. The second-order valence-corrected chi connectivity index (χ2v) is 8.74. The van der Waals surface area contributed by atoms with E-state index in [2.05, 4.69) is 0 Å². The lowest BCUT2D eigenvalue weighted by atomic mass is 9.88. The van der Waals surface area contributed by atoms with Crippen LogP contribution in [0.25, 0.3) is 54.6 Å². The van der Waals surface area contributed by atoms with Crippen molar-refractivity contribution < 1.29 is 14.2 Å². The highest BCUT2D eigenvalue weighted by molar-refractivity contribution is 6.15. The third kappa shape index (κ3) is 3.89. The van der Waals surface area contributed by atoms with E-state index in [1.807, 2.05) is 91.2 Å². The molecule has 0 heterocycles. The van der Waals surface area contributed by atoms with Gasteiger partial charge in [-0.25, -0.2) is 0 Å². The Bertz CT molecular complexity index is 2040. The molecule has 6 aromatic carbocycles. The summed E-state index contributed by atoms with van der Waals surface area (Å²) in [4.78, 5) is 0. The Morgan fingerprint density at radius 2 is 0.897 bits per heavy atom. The predicted molar refractivity (Wildman–Crippen MR) is 149 cm³/mol. The van der Waals surface area contributed by atoms with Gasteiger partial charge in [-0.05, 0) is 62.7 Å². The summed E-state index contributed by atoms with van der Waals surface area (Å²) in [6.45, 7) is 0. The number of nitriles is 3. The first-order valence-corrected chi connectivity index (χ1v) is 12.0. The molecular weight excluding hydrogens is 486 g/mol. The topological polar surface area (TPSA) is 99.1 Å². The summed E-state index contributed by atoms with van der Waals surface area (Å²) in [7, 11) is 0. The normalized spacial score (nSPS) is 10.5. The van der Waals surface area contributed by atoms with E-state index in [0.717, 1.165) is 54.6 Å². The standard InChI is InChI=1S/C33H17N3O3/c34-18-37-29-17-16-23(22-8-1-2-9-25(22)29)24-14-15-28(33-26(24)11-5-13-31(33)39-20-36)27-10-3-6-21-7-4-12-30(32(21)27)38-19-35/h1-17H. The SMILES string of the molecule is N#COc1ccc(-c2ccc(-c3cccc4cccc(OC#N)c34)c3c(OC#N)cccc23)c2ccccc12. The van der Waals surface area contributed by atoms with Gasteiger partial charge in [-0.2, -0.15) is 0 Å². The van der Waals surface area contributed by atoms with Crippen molar-refractivity contribution in [2.45, 2.75) is 0 Å². The number of rotatable bonds is 5. The van der Waals surface area contributed by atoms with Crippen molar-refractivity contribution in [2.75, 3.05) is 0 Å². The van der Waals surface area contributed by atoms with Crippen molar-refractivity contribution >= 4 is 32.3 Å². The van der Waals surface area contributed by atoms with Crippen molar-refractivity contribution in [3.05, 3.63) is 103 Å². The summed E-state index contributed by atoms with van der Waals surface area (Å²) in [6, 6.07) is 32.5. The molecule has 0 aliphatic heterocycles. The molecule has 0 amide bonds. The zero-order valence-electron chi connectivity index (χ0n) is 20.4. The van der Waals surface area contributed by atoms with Gasteiger partial charge < -0.3 is 14.2 Å². The van der Waals surface area contributed by atoms with Crippen LogP contribution in [0.4, 0.5) is 0 Å². The molecule has 0 aromatic heterocycles.